The van der Waals surface area contributed by atoms with Crippen molar-refractivity contribution in [2.75, 3.05) is 24.3 Å². The van der Waals surface area contributed by atoms with Crippen molar-refractivity contribution in [3.05, 3.63) is 27.8 Å². The molecule has 0 aliphatic carbocycles. The van der Waals surface area contributed by atoms with Crippen LogP contribution >= 0.6 is 0 Å². The van der Waals surface area contributed by atoms with Crippen LogP contribution in [0.2, 0.25) is 0 Å². The number of benzene rings is 1. The number of esters is 1. The first-order chi connectivity index (χ1) is 9.01. The number of rotatable bonds is 4. The number of hydrogen-bond acceptors (Lipinski definition) is 6. The Kier molecular flexibility index (Phi) is 3.32. The predicted octanol–water partition coefficient (Wildman–Crippen LogP) is 0.674. The summed E-state index contributed by atoms with van der Waals surface area (Å²) in [5.41, 5.74) is 1.07. The first-order valence-corrected chi connectivity index (χ1v) is 5.43. The van der Waals surface area contributed by atoms with E-state index in [0.29, 0.717) is 11.3 Å². The number of nitro benzene ring substituents is 1. The van der Waals surface area contributed by atoms with Gasteiger partial charge in [0.05, 0.1) is 18.5 Å². The summed E-state index contributed by atoms with van der Waals surface area (Å²) in [6.07, 6.45) is 0.119. The van der Waals surface area contributed by atoms with E-state index in [4.69, 9.17) is 0 Å². The molecule has 2 rings (SSSR count). The molecule has 0 saturated heterocycles. The summed E-state index contributed by atoms with van der Waals surface area (Å²) >= 11 is 0. The van der Waals surface area contributed by atoms with E-state index < -0.39 is 10.9 Å². The fourth-order valence-corrected chi connectivity index (χ4v) is 1.79. The van der Waals surface area contributed by atoms with E-state index in [1.807, 2.05) is 0 Å². The zero-order chi connectivity index (χ0) is 14.0. The molecule has 0 atom stereocenters. The third-order valence-electron chi connectivity index (χ3n) is 2.69. The van der Waals surface area contributed by atoms with Gasteiger partial charge < -0.3 is 15.4 Å². The van der Waals surface area contributed by atoms with Gasteiger partial charge in [-0.1, -0.05) is 0 Å². The standard InChI is InChI=1S/C11H11N3O5/c1-19-11(16)5-12-8-4-7-6(3-10(15)13-7)2-9(8)14(17)18/h2,4,12H,3,5H2,1H3,(H,13,15). The van der Waals surface area contributed by atoms with Gasteiger partial charge >= 0.3 is 5.97 Å². The van der Waals surface area contributed by atoms with E-state index in [1.54, 1.807) is 0 Å². The molecule has 0 aromatic heterocycles. The monoisotopic (exact) mass is 265 g/mol. The highest BCUT2D eigenvalue weighted by Crippen LogP contribution is 2.34. The topological polar surface area (TPSA) is 111 Å². The molecule has 8 heteroatoms. The normalized spacial score (nSPS) is 12.6. The van der Waals surface area contributed by atoms with Crippen LogP contribution < -0.4 is 10.6 Å². The molecule has 8 nitrogen and oxygen atoms in total. The molecule has 0 radical (unpaired) electrons. The molecule has 1 aliphatic heterocycles. The fourth-order valence-electron chi connectivity index (χ4n) is 1.79. The minimum absolute atomic E-state index is 0.119. The van der Waals surface area contributed by atoms with Crippen molar-refractivity contribution in [1.82, 2.24) is 0 Å². The Bertz CT molecular complexity index is 570. The molecule has 0 saturated carbocycles. The van der Waals surface area contributed by atoms with Crippen LogP contribution in [-0.2, 0) is 20.7 Å². The lowest BCUT2D eigenvalue weighted by Crippen LogP contribution is -2.15. The van der Waals surface area contributed by atoms with Gasteiger partial charge in [0.1, 0.15) is 12.2 Å². The van der Waals surface area contributed by atoms with Crippen LogP contribution in [0.25, 0.3) is 0 Å². The first kappa shape index (κ1) is 12.8. The van der Waals surface area contributed by atoms with Gasteiger partial charge in [-0.2, -0.15) is 0 Å². The highest BCUT2D eigenvalue weighted by molar-refractivity contribution is 6.00. The third kappa shape index (κ3) is 2.62. The Hall–Kier alpha value is -2.64. The first-order valence-electron chi connectivity index (χ1n) is 5.43. The molecule has 2 N–H and O–H groups in total. The van der Waals surface area contributed by atoms with E-state index in [2.05, 4.69) is 15.4 Å². The summed E-state index contributed by atoms with van der Waals surface area (Å²) in [4.78, 5) is 32.7. The van der Waals surface area contributed by atoms with E-state index in [-0.39, 0.29) is 30.2 Å². The maximum absolute atomic E-state index is 11.2. The van der Waals surface area contributed by atoms with Crippen molar-refractivity contribution in [3.63, 3.8) is 0 Å². The Morgan fingerprint density at radius 3 is 2.95 bits per heavy atom. The summed E-state index contributed by atoms with van der Waals surface area (Å²) in [6, 6.07) is 2.77. The fraction of sp³-hybridized carbons (Fsp3) is 0.273. The number of nitrogens with one attached hydrogen (secondary N) is 2. The Morgan fingerprint density at radius 2 is 2.32 bits per heavy atom. The van der Waals surface area contributed by atoms with E-state index in [1.165, 1.54) is 19.2 Å². The Labute approximate surface area is 107 Å². The van der Waals surface area contributed by atoms with Gasteiger partial charge in [-0.15, -0.1) is 0 Å². The minimum atomic E-state index is -0.567. The summed E-state index contributed by atoms with van der Waals surface area (Å²) in [5, 5.41) is 16.2. The molecule has 1 aromatic carbocycles. The van der Waals surface area contributed by atoms with Gasteiger partial charge in [0.2, 0.25) is 5.91 Å². The molecule has 1 heterocycles. The van der Waals surface area contributed by atoms with Gasteiger partial charge in [-0.05, 0) is 11.6 Å². The van der Waals surface area contributed by atoms with E-state index in [0.717, 1.165) is 0 Å². The summed E-state index contributed by atoms with van der Waals surface area (Å²) in [6.45, 7) is -0.190. The molecule has 0 fully saturated rings. The van der Waals surface area contributed by atoms with Crippen LogP contribution in [0.15, 0.2) is 12.1 Å². The zero-order valence-corrected chi connectivity index (χ0v) is 10.1. The quantitative estimate of drug-likeness (QED) is 0.470. The van der Waals surface area contributed by atoms with E-state index >= 15 is 0 Å². The molecule has 1 aromatic rings. The number of carbonyl (C=O) groups is 2. The van der Waals surface area contributed by atoms with Crippen molar-refractivity contribution >= 4 is 28.9 Å². The summed E-state index contributed by atoms with van der Waals surface area (Å²) in [5.74, 6) is -0.756. The number of hydrogen-bond donors (Lipinski definition) is 2. The minimum Gasteiger partial charge on any atom is -0.468 e. The predicted molar refractivity (Wildman–Crippen MR) is 65.9 cm³/mol. The van der Waals surface area contributed by atoms with Gasteiger partial charge in [0.25, 0.3) is 5.69 Å². The maximum atomic E-state index is 11.2. The molecule has 0 unspecified atom stereocenters. The molecule has 100 valence electrons. The number of anilines is 2. The van der Waals surface area contributed by atoms with Crippen LogP contribution in [0.5, 0.6) is 0 Å². The van der Waals surface area contributed by atoms with Crippen LogP contribution in [0.3, 0.4) is 0 Å². The smallest absolute Gasteiger partial charge is 0.325 e. The molecule has 0 bridgehead atoms. The summed E-state index contributed by atoms with van der Waals surface area (Å²) in [7, 11) is 1.22. The average molecular weight is 265 g/mol. The van der Waals surface area contributed by atoms with Crippen molar-refractivity contribution in [2.45, 2.75) is 6.42 Å². The number of nitro groups is 1. The van der Waals surface area contributed by atoms with Crippen molar-refractivity contribution in [1.29, 1.82) is 0 Å². The second-order valence-electron chi connectivity index (χ2n) is 3.94. The molecular formula is C11H11N3O5. The molecule has 19 heavy (non-hydrogen) atoms. The van der Waals surface area contributed by atoms with Crippen molar-refractivity contribution < 1.29 is 19.2 Å². The number of ether oxygens (including phenoxy) is 1. The van der Waals surface area contributed by atoms with Crippen LogP contribution in [0.4, 0.5) is 17.1 Å². The third-order valence-corrected chi connectivity index (χ3v) is 2.69. The van der Waals surface area contributed by atoms with Crippen LogP contribution in [0.1, 0.15) is 5.56 Å². The largest absolute Gasteiger partial charge is 0.468 e. The highest BCUT2D eigenvalue weighted by Gasteiger charge is 2.24. The number of fused-ring (bicyclic) bond motifs is 1. The Morgan fingerprint density at radius 1 is 1.58 bits per heavy atom. The lowest BCUT2D eigenvalue weighted by Gasteiger charge is -2.08. The second-order valence-corrected chi connectivity index (χ2v) is 3.94. The highest BCUT2D eigenvalue weighted by atomic mass is 16.6. The van der Waals surface area contributed by atoms with Gasteiger partial charge in [0.15, 0.2) is 0 Å². The lowest BCUT2D eigenvalue weighted by molar-refractivity contribution is -0.384. The SMILES string of the molecule is COC(=O)CNc1cc2c(cc1[N+](=O)[O-])CC(=O)N2. The lowest BCUT2D eigenvalue weighted by atomic mass is 10.1. The Balaban J connectivity index is 2.31. The number of carbonyl (C=O) groups excluding carboxylic acids is 2. The van der Waals surface area contributed by atoms with Crippen LogP contribution in [-0.4, -0.2) is 30.5 Å². The van der Waals surface area contributed by atoms with Crippen LogP contribution in [0, 0.1) is 10.1 Å². The molecule has 1 aliphatic rings. The number of methoxy groups -OCH3 is 1. The summed E-state index contributed by atoms with van der Waals surface area (Å²) < 4.78 is 4.44. The van der Waals surface area contributed by atoms with Crippen molar-refractivity contribution in [3.8, 4) is 0 Å². The van der Waals surface area contributed by atoms with Gasteiger partial charge in [-0.3, -0.25) is 19.7 Å². The molecular weight excluding hydrogens is 254 g/mol. The van der Waals surface area contributed by atoms with E-state index in [9.17, 15) is 19.7 Å². The molecule has 0 spiro atoms. The van der Waals surface area contributed by atoms with Gasteiger partial charge in [0, 0.05) is 11.8 Å². The van der Waals surface area contributed by atoms with Crippen molar-refractivity contribution in [2.24, 2.45) is 0 Å². The second kappa shape index (κ2) is 4.92. The zero-order valence-electron chi connectivity index (χ0n) is 10.1. The number of nitrogens with zero attached hydrogens (tertiary/aromatic N) is 1. The molecule has 1 amide bonds. The maximum Gasteiger partial charge on any atom is 0.325 e. The average Bonchev–Trinajstić information content (AvgIpc) is 2.73. The van der Waals surface area contributed by atoms with Gasteiger partial charge in [-0.25, -0.2) is 0 Å². The number of amides is 1.